The minimum absolute atomic E-state index is 0.189. The third-order valence-electron chi connectivity index (χ3n) is 5.88. The average Bonchev–Trinajstić information content (AvgIpc) is 3.26. The average molecular weight is 483 g/mol. The highest BCUT2D eigenvalue weighted by molar-refractivity contribution is 5.95. The number of benzene rings is 2. The molecule has 186 valence electrons. The zero-order chi connectivity index (χ0) is 24.8. The number of methoxy groups -OCH3 is 1. The van der Waals surface area contributed by atoms with E-state index in [9.17, 15) is 14.4 Å². The summed E-state index contributed by atoms with van der Waals surface area (Å²) in [5.41, 5.74) is 1.23. The number of hydrogen-bond acceptors (Lipinski definition) is 6. The summed E-state index contributed by atoms with van der Waals surface area (Å²) in [6.45, 7) is 3.30. The lowest BCUT2D eigenvalue weighted by Crippen LogP contribution is -2.45. The fourth-order valence-electron chi connectivity index (χ4n) is 3.98. The van der Waals surface area contributed by atoms with Crippen molar-refractivity contribution in [1.82, 2.24) is 20.9 Å². The lowest BCUT2D eigenvalue weighted by molar-refractivity contribution is -0.123. The maximum atomic E-state index is 13.1. The monoisotopic (exact) mass is 482 g/mol. The second kappa shape index (κ2) is 11.0. The van der Waals surface area contributed by atoms with E-state index in [1.54, 1.807) is 17.0 Å². The second-order valence-corrected chi connectivity index (χ2v) is 8.45. The van der Waals surface area contributed by atoms with Gasteiger partial charge in [0.1, 0.15) is 11.9 Å². The van der Waals surface area contributed by atoms with Crippen LogP contribution in [0.25, 0.3) is 0 Å². The molecule has 35 heavy (non-hydrogen) atoms. The molecule has 1 saturated heterocycles. The Kier molecular flexibility index (Phi) is 7.59. The van der Waals surface area contributed by atoms with E-state index in [4.69, 9.17) is 14.2 Å². The van der Waals surface area contributed by atoms with Gasteiger partial charge in [-0.15, -0.1) is 0 Å². The summed E-state index contributed by atoms with van der Waals surface area (Å²) in [7, 11) is 1.49. The molecule has 1 fully saturated rings. The number of urea groups is 1. The van der Waals surface area contributed by atoms with Gasteiger partial charge in [-0.3, -0.25) is 9.59 Å². The van der Waals surface area contributed by atoms with Gasteiger partial charge < -0.3 is 35.1 Å². The number of amides is 4. The van der Waals surface area contributed by atoms with Gasteiger partial charge in [-0.25, -0.2) is 4.79 Å². The maximum Gasteiger partial charge on any atom is 0.317 e. The van der Waals surface area contributed by atoms with E-state index in [1.807, 2.05) is 31.2 Å². The molecule has 0 aromatic heterocycles. The van der Waals surface area contributed by atoms with Crippen molar-refractivity contribution in [3.05, 3.63) is 53.6 Å². The van der Waals surface area contributed by atoms with Crippen molar-refractivity contribution in [2.24, 2.45) is 0 Å². The molecule has 4 amide bonds. The Bertz CT molecular complexity index is 1070. The Morgan fingerprint density at radius 1 is 1.17 bits per heavy atom. The molecule has 0 aliphatic carbocycles. The molecule has 3 aliphatic heterocycles. The number of ether oxygens (including phenoxy) is 3. The summed E-state index contributed by atoms with van der Waals surface area (Å²) >= 11 is 0. The molecule has 0 spiro atoms. The lowest BCUT2D eigenvalue weighted by Gasteiger charge is -2.21. The van der Waals surface area contributed by atoms with Crippen LogP contribution < -0.4 is 30.2 Å². The lowest BCUT2D eigenvalue weighted by atomic mass is 10.1. The molecule has 3 heterocycles. The van der Waals surface area contributed by atoms with Gasteiger partial charge in [0, 0.05) is 25.2 Å². The molecule has 4 bridgehead atoms. The van der Waals surface area contributed by atoms with Crippen LogP contribution >= 0.6 is 0 Å². The van der Waals surface area contributed by atoms with Crippen molar-refractivity contribution in [3.8, 4) is 17.2 Å². The summed E-state index contributed by atoms with van der Waals surface area (Å²) in [6.07, 6.45) is 0.385. The molecule has 3 N–H and O–H groups in total. The zero-order valence-electron chi connectivity index (χ0n) is 19.8. The highest BCUT2D eigenvalue weighted by Crippen LogP contribution is 2.28. The van der Waals surface area contributed by atoms with Crippen LogP contribution in [0.1, 0.15) is 29.3 Å². The highest BCUT2D eigenvalue weighted by Gasteiger charge is 2.38. The first-order valence-electron chi connectivity index (χ1n) is 11.6. The Morgan fingerprint density at radius 3 is 2.71 bits per heavy atom. The zero-order valence-corrected chi connectivity index (χ0v) is 19.8. The first kappa shape index (κ1) is 24.2. The first-order valence-corrected chi connectivity index (χ1v) is 11.6. The van der Waals surface area contributed by atoms with Gasteiger partial charge in [0.2, 0.25) is 0 Å². The van der Waals surface area contributed by atoms with E-state index >= 15 is 0 Å². The number of rotatable bonds is 3. The van der Waals surface area contributed by atoms with E-state index in [0.29, 0.717) is 43.2 Å². The Labute approximate surface area is 203 Å². The third kappa shape index (κ3) is 5.95. The van der Waals surface area contributed by atoms with Crippen LogP contribution in [0.15, 0.2) is 42.5 Å². The molecule has 2 atom stereocenters. The molecule has 3 aliphatic rings. The van der Waals surface area contributed by atoms with Crippen molar-refractivity contribution < 1.29 is 28.6 Å². The summed E-state index contributed by atoms with van der Waals surface area (Å²) < 4.78 is 17.2. The van der Waals surface area contributed by atoms with Gasteiger partial charge in [-0.05, 0) is 42.3 Å². The summed E-state index contributed by atoms with van der Waals surface area (Å²) in [6, 6.07) is 11.5. The number of hydrogen-bond donors (Lipinski definition) is 3. The molecule has 10 nitrogen and oxygen atoms in total. The normalized spacial score (nSPS) is 20.0. The van der Waals surface area contributed by atoms with Crippen LogP contribution in [0.2, 0.25) is 0 Å². The van der Waals surface area contributed by atoms with Gasteiger partial charge in [0.05, 0.1) is 19.7 Å². The standard InChI is InChI=1S/C25H30N4O6/c1-3-10-26-25(32)29-13-19-22(14-29)35-18-7-4-16(5-8-18)12-27-23(30)15-34-21-11-17(24(31)28-19)6-9-20(21)33-2/h4-9,11,19,22H,3,10,12-15H2,1-2H3,(H,26,32)(H,27,30)(H,28,31)/t19-,22-/m0/s1. The van der Waals surface area contributed by atoms with Gasteiger partial charge in [0.25, 0.3) is 11.8 Å². The number of carbonyl (C=O) groups excluding carboxylic acids is 3. The Morgan fingerprint density at radius 2 is 1.97 bits per heavy atom. The van der Waals surface area contributed by atoms with Gasteiger partial charge in [-0.1, -0.05) is 19.1 Å². The van der Waals surface area contributed by atoms with Crippen molar-refractivity contribution in [2.75, 3.05) is 33.4 Å². The fourth-order valence-corrected chi connectivity index (χ4v) is 3.98. The quantitative estimate of drug-likeness (QED) is 0.613. The number of likely N-dealkylation sites (tertiary alicyclic amines) is 1. The van der Waals surface area contributed by atoms with Crippen LogP contribution in [0, 0.1) is 0 Å². The molecule has 0 radical (unpaired) electrons. The molecule has 2 aromatic carbocycles. The van der Waals surface area contributed by atoms with Gasteiger partial charge in [-0.2, -0.15) is 0 Å². The molecule has 5 rings (SSSR count). The largest absolute Gasteiger partial charge is 0.493 e. The molecule has 0 unspecified atom stereocenters. The summed E-state index contributed by atoms with van der Waals surface area (Å²) in [5, 5.41) is 8.68. The minimum Gasteiger partial charge on any atom is -0.493 e. The van der Waals surface area contributed by atoms with E-state index in [2.05, 4.69) is 16.0 Å². The fraction of sp³-hybridized carbons (Fsp3) is 0.400. The van der Waals surface area contributed by atoms with Crippen LogP contribution in [0.4, 0.5) is 4.79 Å². The van der Waals surface area contributed by atoms with Gasteiger partial charge >= 0.3 is 6.03 Å². The first-order chi connectivity index (χ1) is 17.0. The summed E-state index contributed by atoms with van der Waals surface area (Å²) in [5.74, 6) is 0.643. The molecular weight excluding hydrogens is 452 g/mol. The smallest absolute Gasteiger partial charge is 0.317 e. The number of nitrogens with one attached hydrogen (secondary N) is 3. The molecule has 2 aromatic rings. The number of fused-ring (bicyclic) bond motifs is 7. The van der Waals surface area contributed by atoms with Crippen LogP contribution in [-0.4, -0.2) is 68.2 Å². The SMILES string of the molecule is CCCNC(=O)N1C[C@@H]2NC(=O)c3ccc(OC)c(c3)OCC(=O)NCc3ccc(cc3)O[C@H]2C1. The van der Waals surface area contributed by atoms with Crippen molar-refractivity contribution in [3.63, 3.8) is 0 Å². The van der Waals surface area contributed by atoms with Crippen molar-refractivity contribution in [2.45, 2.75) is 32.0 Å². The van der Waals surface area contributed by atoms with Crippen molar-refractivity contribution in [1.29, 1.82) is 0 Å². The molecule has 10 heteroatoms. The molecule has 0 saturated carbocycles. The number of carbonyl (C=O) groups is 3. The van der Waals surface area contributed by atoms with Crippen LogP contribution in [-0.2, 0) is 11.3 Å². The number of nitrogens with zero attached hydrogens (tertiary/aromatic N) is 1. The predicted octanol–water partition coefficient (Wildman–Crippen LogP) is 1.69. The highest BCUT2D eigenvalue weighted by atomic mass is 16.5. The Balaban J connectivity index is 1.62. The molecular formula is C25H30N4O6. The van der Waals surface area contributed by atoms with E-state index in [-0.39, 0.29) is 30.2 Å². The van der Waals surface area contributed by atoms with Crippen LogP contribution in [0.3, 0.4) is 0 Å². The second-order valence-electron chi connectivity index (χ2n) is 8.45. The van der Waals surface area contributed by atoms with E-state index in [1.165, 1.54) is 13.2 Å². The predicted molar refractivity (Wildman–Crippen MR) is 128 cm³/mol. The van der Waals surface area contributed by atoms with Gasteiger partial charge in [0.15, 0.2) is 18.1 Å². The topological polar surface area (TPSA) is 118 Å². The van der Waals surface area contributed by atoms with Crippen LogP contribution in [0.5, 0.6) is 17.2 Å². The maximum absolute atomic E-state index is 13.1. The third-order valence-corrected chi connectivity index (χ3v) is 5.88. The minimum atomic E-state index is -0.443. The van der Waals surface area contributed by atoms with E-state index < -0.39 is 12.1 Å². The van der Waals surface area contributed by atoms with Crippen molar-refractivity contribution >= 4 is 17.8 Å². The Hall–Kier alpha value is -3.95. The van der Waals surface area contributed by atoms with E-state index in [0.717, 1.165) is 12.0 Å². The summed E-state index contributed by atoms with van der Waals surface area (Å²) in [4.78, 5) is 39.6.